The van der Waals surface area contributed by atoms with Crippen molar-refractivity contribution in [3.63, 3.8) is 0 Å². The summed E-state index contributed by atoms with van der Waals surface area (Å²) in [5.41, 5.74) is 0.176. The highest BCUT2D eigenvalue weighted by molar-refractivity contribution is 5.94. The summed E-state index contributed by atoms with van der Waals surface area (Å²) in [7, 11) is 1.73. The van der Waals surface area contributed by atoms with E-state index < -0.39 is 5.97 Å². The van der Waals surface area contributed by atoms with Crippen molar-refractivity contribution < 1.29 is 19.8 Å². The first-order valence-electron chi connectivity index (χ1n) is 6.50. The summed E-state index contributed by atoms with van der Waals surface area (Å²) in [6.07, 6.45) is 2.29. The molecule has 1 fully saturated rings. The van der Waals surface area contributed by atoms with E-state index in [1.165, 1.54) is 18.2 Å². The molecule has 2 amide bonds. The number of phenols is 1. The van der Waals surface area contributed by atoms with Crippen LogP contribution in [0.25, 0.3) is 0 Å². The third kappa shape index (κ3) is 3.01. The lowest BCUT2D eigenvalue weighted by Crippen LogP contribution is -2.39. The zero-order chi connectivity index (χ0) is 14.9. The van der Waals surface area contributed by atoms with E-state index in [-0.39, 0.29) is 23.4 Å². The van der Waals surface area contributed by atoms with Crippen LogP contribution in [0.1, 0.15) is 30.1 Å². The zero-order valence-corrected chi connectivity index (χ0v) is 11.5. The molecule has 1 atom stereocenters. The Balaban J connectivity index is 2.04. The topological polar surface area (TPSA) is 89.9 Å². The monoisotopic (exact) mass is 278 g/mol. The van der Waals surface area contributed by atoms with Crippen molar-refractivity contribution in [3.05, 3.63) is 23.8 Å². The molecule has 1 aliphatic rings. The quantitative estimate of drug-likeness (QED) is 0.788. The van der Waals surface area contributed by atoms with Gasteiger partial charge in [0, 0.05) is 24.8 Å². The number of anilines is 1. The van der Waals surface area contributed by atoms with Crippen LogP contribution in [0.15, 0.2) is 18.2 Å². The second-order valence-corrected chi connectivity index (χ2v) is 5.16. The van der Waals surface area contributed by atoms with Crippen LogP contribution in [0, 0.1) is 5.92 Å². The van der Waals surface area contributed by atoms with Crippen molar-refractivity contribution in [1.82, 2.24) is 4.90 Å². The second kappa shape index (κ2) is 5.40. The van der Waals surface area contributed by atoms with Gasteiger partial charge in [0.1, 0.15) is 11.3 Å². The lowest BCUT2D eigenvalue weighted by molar-refractivity contribution is 0.0694. The van der Waals surface area contributed by atoms with E-state index in [0.717, 1.165) is 12.8 Å². The van der Waals surface area contributed by atoms with Crippen LogP contribution in [0.4, 0.5) is 10.5 Å². The molecule has 1 unspecified atom stereocenters. The van der Waals surface area contributed by atoms with Gasteiger partial charge in [-0.15, -0.1) is 0 Å². The minimum absolute atomic E-state index is 0.168. The smallest absolute Gasteiger partial charge is 0.339 e. The molecule has 1 aromatic carbocycles. The number of rotatable bonds is 4. The maximum atomic E-state index is 12.0. The third-order valence-corrected chi connectivity index (χ3v) is 3.71. The number of hydrogen-bond acceptors (Lipinski definition) is 3. The maximum absolute atomic E-state index is 12.0. The van der Waals surface area contributed by atoms with Crippen LogP contribution in [-0.2, 0) is 0 Å². The lowest BCUT2D eigenvalue weighted by atomic mass is 10.2. The summed E-state index contributed by atoms with van der Waals surface area (Å²) in [5, 5.41) is 21.0. The van der Waals surface area contributed by atoms with Gasteiger partial charge in [-0.25, -0.2) is 9.59 Å². The molecule has 6 nitrogen and oxygen atoms in total. The number of hydrogen-bond donors (Lipinski definition) is 3. The largest absolute Gasteiger partial charge is 0.507 e. The molecule has 0 bridgehead atoms. The van der Waals surface area contributed by atoms with Gasteiger partial charge >= 0.3 is 12.0 Å². The first-order chi connectivity index (χ1) is 9.40. The minimum Gasteiger partial charge on any atom is -0.507 e. The van der Waals surface area contributed by atoms with Crippen LogP contribution < -0.4 is 5.32 Å². The SMILES string of the molecule is CC(C1CC1)N(C)C(=O)Nc1ccc(C(=O)O)c(O)c1. The predicted molar refractivity (Wildman–Crippen MR) is 74.0 cm³/mol. The number of benzene rings is 1. The fourth-order valence-corrected chi connectivity index (χ4v) is 2.08. The Bertz CT molecular complexity index is 540. The summed E-state index contributed by atoms with van der Waals surface area (Å²) in [4.78, 5) is 24.4. The number of carbonyl (C=O) groups is 2. The maximum Gasteiger partial charge on any atom is 0.339 e. The standard InChI is InChI=1S/C14H18N2O4/c1-8(9-3-4-9)16(2)14(20)15-10-5-6-11(13(18)19)12(17)7-10/h5-9,17H,3-4H2,1-2H3,(H,15,20)(H,18,19). The number of aromatic hydroxyl groups is 1. The molecule has 0 heterocycles. The Morgan fingerprint density at radius 2 is 2.05 bits per heavy atom. The summed E-state index contributed by atoms with van der Waals surface area (Å²) >= 11 is 0. The van der Waals surface area contributed by atoms with Crippen LogP contribution in [0.5, 0.6) is 5.75 Å². The number of urea groups is 1. The molecule has 6 heteroatoms. The van der Waals surface area contributed by atoms with Gasteiger partial charge in [0.05, 0.1) is 0 Å². The average molecular weight is 278 g/mol. The van der Waals surface area contributed by atoms with Crippen molar-refractivity contribution in [2.24, 2.45) is 5.92 Å². The van der Waals surface area contributed by atoms with Gasteiger partial charge in [0.25, 0.3) is 0 Å². The van der Waals surface area contributed by atoms with Crippen LogP contribution >= 0.6 is 0 Å². The molecule has 0 radical (unpaired) electrons. The van der Waals surface area contributed by atoms with Crippen LogP contribution in [0.2, 0.25) is 0 Å². The van der Waals surface area contributed by atoms with Crippen molar-refractivity contribution in [2.45, 2.75) is 25.8 Å². The van der Waals surface area contributed by atoms with E-state index in [1.807, 2.05) is 6.92 Å². The molecular formula is C14H18N2O4. The molecule has 20 heavy (non-hydrogen) atoms. The van der Waals surface area contributed by atoms with Crippen LogP contribution in [-0.4, -0.2) is 40.2 Å². The molecule has 108 valence electrons. The van der Waals surface area contributed by atoms with Gasteiger partial charge < -0.3 is 20.4 Å². The van der Waals surface area contributed by atoms with E-state index in [2.05, 4.69) is 5.32 Å². The number of carbonyl (C=O) groups excluding carboxylic acids is 1. The van der Waals surface area contributed by atoms with Crippen molar-refractivity contribution in [3.8, 4) is 5.75 Å². The highest BCUT2D eigenvalue weighted by Crippen LogP contribution is 2.34. The molecule has 0 saturated heterocycles. The predicted octanol–water partition coefficient (Wildman–Crippen LogP) is 2.35. The summed E-state index contributed by atoms with van der Waals surface area (Å²) in [6.45, 7) is 2.00. The number of nitrogens with zero attached hydrogens (tertiary/aromatic N) is 1. The Kier molecular flexibility index (Phi) is 3.83. The summed E-state index contributed by atoms with van der Waals surface area (Å²) in [6, 6.07) is 3.85. The number of carboxylic acid groups (broad SMARTS) is 1. The molecular weight excluding hydrogens is 260 g/mol. The first-order valence-corrected chi connectivity index (χ1v) is 6.50. The minimum atomic E-state index is -1.21. The normalized spacial score (nSPS) is 15.5. The second-order valence-electron chi connectivity index (χ2n) is 5.16. The Morgan fingerprint density at radius 3 is 2.55 bits per heavy atom. The third-order valence-electron chi connectivity index (χ3n) is 3.71. The fourth-order valence-electron chi connectivity index (χ4n) is 2.08. The molecule has 3 N–H and O–H groups in total. The van der Waals surface area contributed by atoms with Crippen molar-refractivity contribution in [1.29, 1.82) is 0 Å². The first kappa shape index (κ1) is 14.2. The van der Waals surface area contributed by atoms with E-state index in [1.54, 1.807) is 11.9 Å². The van der Waals surface area contributed by atoms with Gasteiger partial charge in [-0.3, -0.25) is 0 Å². The molecule has 1 aliphatic carbocycles. The summed E-state index contributed by atoms with van der Waals surface area (Å²) in [5.74, 6) is -1.01. The zero-order valence-electron chi connectivity index (χ0n) is 11.5. The number of aromatic carboxylic acids is 1. The van der Waals surface area contributed by atoms with E-state index in [0.29, 0.717) is 11.6 Å². The molecule has 1 saturated carbocycles. The van der Waals surface area contributed by atoms with E-state index >= 15 is 0 Å². The highest BCUT2D eigenvalue weighted by Gasteiger charge is 2.32. The van der Waals surface area contributed by atoms with Gasteiger partial charge in [0.2, 0.25) is 0 Å². The lowest BCUT2D eigenvalue weighted by Gasteiger charge is -2.25. The molecule has 0 aromatic heterocycles. The van der Waals surface area contributed by atoms with Gasteiger partial charge in [0.15, 0.2) is 0 Å². The van der Waals surface area contributed by atoms with Gasteiger partial charge in [-0.2, -0.15) is 0 Å². The van der Waals surface area contributed by atoms with Gasteiger partial charge in [-0.05, 0) is 37.8 Å². The number of nitrogens with one attached hydrogen (secondary N) is 1. The molecule has 1 aromatic rings. The highest BCUT2D eigenvalue weighted by atomic mass is 16.4. The molecule has 0 spiro atoms. The molecule has 0 aliphatic heterocycles. The van der Waals surface area contributed by atoms with Crippen molar-refractivity contribution in [2.75, 3.05) is 12.4 Å². The number of amides is 2. The van der Waals surface area contributed by atoms with Crippen LogP contribution in [0.3, 0.4) is 0 Å². The number of carboxylic acids is 1. The van der Waals surface area contributed by atoms with E-state index in [4.69, 9.17) is 5.11 Å². The summed E-state index contributed by atoms with van der Waals surface area (Å²) < 4.78 is 0. The Hall–Kier alpha value is -2.24. The van der Waals surface area contributed by atoms with Crippen molar-refractivity contribution >= 4 is 17.7 Å². The van der Waals surface area contributed by atoms with E-state index in [9.17, 15) is 14.7 Å². The van der Waals surface area contributed by atoms with Gasteiger partial charge in [-0.1, -0.05) is 0 Å². The Labute approximate surface area is 117 Å². The Morgan fingerprint density at radius 1 is 1.40 bits per heavy atom. The fraction of sp³-hybridized carbons (Fsp3) is 0.429. The average Bonchev–Trinajstić information content (AvgIpc) is 3.20. The molecule has 2 rings (SSSR count).